The number of fused-ring (bicyclic) bond motifs is 3. The molecule has 6 nitrogen and oxygen atoms in total. The van der Waals surface area contributed by atoms with Crippen LogP contribution in [-0.4, -0.2) is 21.1 Å². The zero-order chi connectivity index (χ0) is 23.9. The Balaban J connectivity index is 1.61. The first-order chi connectivity index (χ1) is 16.4. The fourth-order valence-corrected chi connectivity index (χ4v) is 4.17. The number of nitrogens with zero attached hydrogens (tertiary/aromatic N) is 3. The fraction of sp³-hybridized carbons (Fsp3) is 0.143. The number of hydrogen-bond acceptors (Lipinski definition) is 4. The number of benzene rings is 3. The molecule has 6 heteroatoms. The van der Waals surface area contributed by atoms with E-state index in [4.69, 9.17) is 4.98 Å². The number of aromatic amines is 1. The quantitative estimate of drug-likeness (QED) is 0.344. The summed E-state index contributed by atoms with van der Waals surface area (Å²) >= 11 is 0. The summed E-state index contributed by atoms with van der Waals surface area (Å²) in [6.07, 6.45) is 1.83. The van der Waals surface area contributed by atoms with E-state index in [-0.39, 0.29) is 5.91 Å². The second-order valence-corrected chi connectivity index (χ2v) is 8.93. The molecule has 0 saturated carbocycles. The van der Waals surface area contributed by atoms with E-state index in [1.54, 1.807) is 0 Å². The third-order valence-corrected chi connectivity index (χ3v) is 6.07. The zero-order valence-corrected chi connectivity index (χ0v) is 19.2. The summed E-state index contributed by atoms with van der Waals surface area (Å²) in [5.41, 5.74) is 6.72. The highest BCUT2D eigenvalue weighted by molar-refractivity contribution is 6.10. The molecule has 0 bridgehead atoms. The Labute approximate surface area is 197 Å². The molecule has 1 amide bonds. The van der Waals surface area contributed by atoms with E-state index in [2.05, 4.69) is 27.6 Å². The second kappa shape index (κ2) is 8.13. The SMILES string of the molecule is CC(=O)Nc1cccc(-c2ccc3nc(-c4ccc(C(C)(C)C#N)cc4)c4[nH]ncc4c3c2)c1. The molecule has 0 spiro atoms. The predicted molar refractivity (Wildman–Crippen MR) is 135 cm³/mol. The Morgan fingerprint density at radius 1 is 0.971 bits per heavy atom. The summed E-state index contributed by atoms with van der Waals surface area (Å²) < 4.78 is 0. The maximum Gasteiger partial charge on any atom is 0.221 e. The van der Waals surface area contributed by atoms with Crippen molar-refractivity contribution in [3.8, 4) is 28.5 Å². The topological polar surface area (TPSA) is 94.5 Å². The van der Waals surface area contributed by atoms with Gasteiger partial charge in [0.1, 0.15) is 0 Å². The van der Waals surface area contributed by atoms with Gasteiger partial charge in [0.05, 0.1) is 34.4 Å². The number of nitriles is 1. The average Bonchev–Trinajstić information content (AvgIpc) is 3.33. The van der Waals surface area contributed by atoms with Gasteiger partial charge in [0.15, 0.2) is 0 Å². The van der Waals surface area contributed by atoms with Crippen LogP contribution in [0.1, 0.15) is 26.3 Å². The molecule has 0 radical (unpaired) electrons. The van der Waals surface area contributed by atoms with Gasteiger partial charge in [-0.1, -0.05) is 42.5 Å². The summed E-state index contributed by atoms with van der Waals surface area (Å²) in [7, 11) is 0. The van der Waals surface area contributed by atoms with Crippen LogP contribution < -0.4 is 5.32 Å². The molecule has 34 heavy (non-hydrogen) atoms. The molecule has 0 aliphatic heterocycles. The van der Waals surface area contributed by atoms with E-state index in [0.29, 0.717) is 0 Å². The number of amides is 1. The Morgan fingerprint density at radius 2 is 1.71 bits per heavy atom. The third-order valence-electron chi connectivity index (χ3n) is 6.07. The largest absolute Gasteiger partial charge is 0.326 e. The highest BCUT2D eigenvalue weighted by Crippen LogP contribution is 2.34. The van der Waals surface area contributed by atoms with Gasteiger partial charge in [0.25, 0.3) is 0 Å². The summed E-state index contributed by atoms with van der Waals surface area (Å²) in [6.45, 7) is 5.32. The molecule has 0 aliphatic carbocycles. The van der Waals surface area contributed by atoms with E-state index in [0.717, 1.165) is 55.4 Å². The molecule has 2 heterocycles. The van der Waals surface area contributed by atoms with Crippen molar-refractivity contribution in [2.75, 3.05) is 5.32 Å². The zero-order valence-electron chi connectivity index (χ0n) is 19.2. The van der Waals surface area contributed by atoms with Gasteiger partial charge in [-0.15, -0.1) is 0 Å². The first kappa shape index (κ1) is 21.4. The molecular formula is C28H23N5O. The normalized spacial score (nSPS) is 11.5. The predicted octanol–water partition coefficient (Wildman–Crippen LogP) is 6.20. The Kier molecular flexibility index (Phi) is 5.10. The molecule has 0 atom stereocenters. The summed E-state index contributed by atoms with van der Waals surface area (Å²) in [5.74, 6) is -0.100. The number of rotatable bonds is 4. The van der Waals surface area contributed by atoms with E-state index in [9.17, 15) is 10.1 Å². The standard InChI is InChI=1S/C28H23N5O/c1-17(34)31-22-6-4-5-19(13-22)20-9-12-25-23(14-20)24-15-30-33-27(24)26(32-25)18-7-10-21(11-8-18)28(2,3)16-29/h4-15H,1-3H3,(H,30,33)(H,31,34). The van der Waals surface area contributed by atoms with Gasteiger partial charge >= 0.3 is 0 Å². The van der Waals surface area contributed by atoms with Crippen LogP contribution in [0.4, 0.5) is 5.69 Å². The monoisotopic (exact) mass is 445 g/mol. The van der Waals surface area contributed by atoms with Crippen molar-refractivity contribution < 1.29 is 4.79 Å². The highest BCUT2D eigenvalue weighted by Gasteiger charge is 2.20. The van der Waals surface area contributed by atoms with Crippen LogP contribution in [0.2, 0.25) is 0 Å². The van der Waals surface area contributed by atoms with Crippen molar-refractivity contribution in [2.45, 2.75) is 26.2 Å². The number of aromatic nitrogens is 3. The fourth-order valence-electron chi connectivity index (χ4n) is 4.17. The Bertz CT molecular complexity index is 1590. The minimum Gasteiger partial charge on any atom is -0.326 e. The number of carbonyl (C=O) groups excluding carboxylic acids is 1. The Hall–Kier alpha value is -4.50. The number of anilines is 1. The first-order valence-corrected chi connectivity index (χ1v) is 11.0. The van der Waals surface area contributed by atoms with Gasteiger partial charge in [-0.2, -0.15) is 10.4 Å². The van der Waals surface area contributed by atoms with Crippen molar-refractivity contribution in [1.82, 2.24) is 15.2 Å². The van der Waals surface area contributed by atoms with E-state index in [1.165, 1.54) is 6.92 Å². The number of hydrogen-bond donors (Lipinski definition) is 2. The molecule has 5 aromatic rings. The number of pyridine rings is 1. The van der Waals surface area contributed by atoms with Crippen molar-refractivity contribution >= 4 is 33.4 Å². The van der Waals surface area contributed by atoms with Gasteiger partial charge in [0, 0.05) is 28.9 Å². The summed E-state index contributed by atoms with van der Waals surface area (Å²) in [6, 6.07) is 24.3. The maximum atomic E-state index is 11.4. The van der Waals surface area contributed by atoms with Crippen LogP contribution >= 0.6 is 0 Å². The first-order valence-electron chi connectivity index (χ1n) is 11.0. The number of carbonyl (C=O) groups is 1. The van der Waals surface area contributed by atoms with Crippen molar-refractivity contribution in [1.29, 1.82) is 5.26 Å². The van der Waals surface area contributed by atoms with Crippen molar-refractivity contribution in [3.63, 3.8) is 0 Å². The molecule has 5 rings (SSSR count). The van der Waals surface area contributed by atoms with Crippen molar-refractivity contribution in [2.24, 2.45) is 0 Å². The van der Waals surface area contributed by atoms with Crippen LogP contribution in [0, 0.1) is 11.3 Å². The molecular weight excluding hydrogens is 422 g/mol. The van der Waals surface area contributed by atoms with Gasteiger partial charge in [0.2, 0.25) is 5.91 Å². The lowest BCUT2D eigenvalue weighted by molar-refractivity contribution is -0.114. The average molecular weight is 446 g/mol. The number of nitrogens with one attached hydrogen (secondary N) is 2. The lowest BCUT2D eigenvalue weighted by Crippen LogP contribution is -2.13. The highest BCUT2D eigenvalue weighted by atomic mass is 16.1. The molecule has 166 valence electrons. The molecule has 0 aliphatic rings. The lowest BCUT2D eigenvalue weighted by Gasteiger charge is -2.16. The van der Waals surface area contributed by atoms with Crippen LogP contribution in [0.15, 0.2) is 72.9 Å². The molecule has 0 saturated heterocycles. The van der Waals surface area contributed by atoms with Crippen LogP contribution in [-0.2, 0) is 10.2 Å². The molecule has 0 unspecified atom stereocenters. The van der Waals surface area contributed by atoms with E-state index < -0.39 is 5.41 Å². The summed E-state index contributed by atoms with van der Waals surface area (Å²) in [4.78, 5) is 16.4. The van der Waals surface area contributed by atoms with Gasteiger partial charge < -0.3 is 5.32 Å². The number of H-pyrrole nitrogens is 1. The Morgan fingerprint density at radius 3 is 2.44 bits per heavy atom. The van der Waals surface area contributed by atoms with Crippen LogP contribution in [0.3, 0.4) is 0 Å². The summed E-state index contributed by atoms with van der Waals surface area (Å²) in [5, 5.41) is 21.7. The molecule has 2 N–H and O–H groups in total. The van der Waals surface area contributed by atoms with E-state index >= 15 is 0 Å². The third kappa shape index (κ3) is 3.78. The molecule has 3 aromatic carbocycles. The molecule has 0 fully saturated rings. The van der Waals surface area contributed by atoms with Crippen molar-refractivity contribution in [3.05, 3.63) is 78.5 Å². The van der Waals surface area contributed by atoms with Crippen LogP contribution in [0.25, 0.3) is 44.2 Å². The van der Waals surface area contributed by atoms with Gasteiger partial charge in [-0.3, -0.25) is 9.89 Å². The lowest BCUT2D eigenvalue weighted by atomic mass is 9.86. The van der Waals surface area contributed by atoms with Crippen LogP contribution in [0.5, 0.6) is 0 Å². The minimum absolute atomic E-state index is 0.100. The van der Waals surface area contributed by atoms with Gasteiger partial charge in [-0.05, 0) is 54.8 Å². The second-order valence-electron chi connectivity index (χ2n) is 8.93. The minimum atomic E-state index is -0.549. The van der Waals surface area contributed by atoms with Gasteiger partial charge in [-0.25, -0.2) is 4.98 Å². The maximum absolute atomic E-state index is 11.4. The smallest absolute Gasteiger partial charge is 0.221 e. The molecule has 2 aromatic heterocycles. The van der Waals surface area contributed by atoms with E-state index in [1.807, 2.05) is 80.7 Å².